The van der Waals surface area contributed by atoms with E-state index >= 15 is 0 Å². The summed E-state index contributed by atoms with van der Waals surface area (Å²) in [5.74, 6) is 1.46. The van der Waals surface area contributed by atoms with Gasteiger partial charge in [-0.1, -0.05) is 12.1 Å². The summed E-state index contributed by atoms with van der Waals surface area (Å²) in [7, 11) is 1.64. The molecule has 0 aliphatic carbocycles. The minimum Gasteiger partial charge on any atom is -0.497 e. The van der Waals surface area contributed by atoms with Crippen molar-refractivity contribution in [3.05, 3.63) is 65.4 Å². The summed E-state index contributed by atoms with van der Waals surface area (Å²) in [5, 5.41) is 5.79. The van der Waals surface area contributed by atoms with Crippen LogP contribution in [0.15, 0.2) is 53.9 Å². The van der Waals surface area contributed by atoms with Crippen LogP contribution in [0.5, 0.6) is 5.75 Å². The third-order valence-corrected chi connectivity index (χ3v) is 5.37. The number of nitrogens with zero attached hydrogens (tertiary/aromatic N) is 2. The lowest BCUT2D eigenvalue weighted by Gasteiger charge is -2.10. The van der Waals surface area contributed by atoms with Crippen molar-refractivity contribution < 1.29 is 9.53 Å². The molecule has 4 aromatic rings. The Morgan fingerprint density at radius 1 is 1.18 bits per heavy atom. The number of rotatable bonds is 6. The van der Waals surface area contributed by atoms with Gasteiger partial charge in [-0.05, 0) is 43.3 Å². The highest BCUT2D eigenvalue weighted by atomic mass is 32.1. The third-order valence-electron chi connectivity index (χ3n) is 4.43. The Labute approximate surface area is 166 Å². The zero-order chi connectivity index (χ0) is 19.5. The van der Waals surface area contributed by atoms with Crippen LogP contribution in [0.1, 0.15) is 24.5 Å². The molecule has 7 heteroatoms. The molecule has 0 saturated heterocycles. The van der Waals surface area contributed by atoms with Crippen molar-refractivity contribution in [1.29, 1.82) is 0 Å². The van der Waals surface area contributed by atoms with Gasteiger partial charge in [0, 0.05) is 10.9 Å². The molecule has 0 fully saturated rings. The zero-order valence-corrected chi connectivity index (χ0v) is 16.4. The van der Waals surface area contributed by atoms with Gasteiger partial charge in [-0.15, -0.1) is 11.3 Å². The van der Waals surface area contributed by atoms with E-state index in [0.29, 0.717) is 0 Å². The van der Waals surface area contributed by atoms with E-state index in [1.165, 1.54) is 11.3 Å². The lowest BCUT2D eigenvalue weighted by Crippen LogP contribution is -2.28. The maximum absolute atomic E-state index is 12.4. The molecular formula is C21H20N4O2S. The summed E-state index contributed by atoms with van der Waals surface area (Å²) < 4.78 is 5.18. The van der Waals surface area contributed by atoms with Crippen molar-refractivity contribution in [2.75, 3.05) is 7.11 Å². The molecule has 0 unspecified atom stereocenters. The second-order valence-electron chi connectivity index (χ2n) is 6.48. The lowest BCUT2D eigenvalue weighted by atomic mass is 10.2. The first-order valence-corrected chi connectivity index (χ1v) is 9.83. The maximum atomic E-state index is 12.4. The molecule has 0 spiro atoms. The van der Waals surface area contributed by atoms with Crippen LogP contribution in [-0.4, -0.2) is 28.0 Å². The van der Waals surface area contributed by atoms with Gasteiger partial charge in [-0.2, -0.15) is 0 Å². The quantitative estimate of drug-likeness (QED) is 0.517. The molecule has 4 rings (SSSR count). The number of hydrogen-bond acceptors (Lipinski definition) is 5. The molecule has 0 aliphatic rings. The summed E-state index contributed by atoms with van der Waals surface area (Å²) in [6.45, 7) is 1.92. The van der Waals surface area contributed by atoms with Crippen LogP contribution < -0.4 is 10.1 Å². The van der Waals surface area contributed by atoms with E-state index in [1.807, 2.05) is 60.8 Å². The van der Waals surface area contributed by atoms with Crippen LogP contribution in [0.4, 0.5) is 0 Å². The van der Waals surface area contributed by atoms with Crippen LogP contribution >= 0.6 is 11.3 Å². The second kappa shape index (κ2) is 7.82. The number of carbonyl (C=O) groups is 1. The van der Waals surface area contributed by atoms with Gasteiger partial charge < -0.3 is 15.0 Å². The van der Waals surface area contributed by atoms with Gasteiger partial charge in [-0.3, -0.25) is 4.79 Å². The van der Waals surface area contributed by atoms with Crippen LogP contribution in [0.25, 0.3) is 21.6 Å². The number of imidazole rings is 1. The summed E-state index contributed by atoms with van der Waals surface area (Å²) in [6.07, 6.45) is 0.233. The normalized spacial score (nSPS) is 12.1. The number of thiazole rings is 1. The monoisotopic (exact) mass is 392 g/mol. The summed E-state index contributed by atoms with van der Waals surface area (Å²) in [6, 6.07) is 15.3. The number of hydrogen-bond donors (Lipinski definition) is 2. The van der Waals surface area contributed by atoms with Crippen molar-refractivity contribution >= 4 is 28.3 Å². The minimum atomic E-state index is -0.209. The number of ether oxygens (including phenoxy) is 1. The standard InChI is InChI=1S/C21H20N4O2S/c1-13(20-24-17-5-3-4-6-18(17)25-20)22-19(26)11-15-12-28-21(23-15)14-7-9-16(27-2)10-8-14/h3-10,12-13H,11H2,1-2H3,(H,22,26)(H,24,25)/t13-/m1/s1. The summed E-state index contributed by atoms with van der Waals surface area (Å²) >= 11 is 1.53. The van der Waals surface area contributed by atoms with E-state index in [1.54, 1.807) is 7.11 Å². The number of benzene rings is 2. The van der Waals surface area contributed by atoms with Crippen molar-refractivity contribution in [2.45, 2.75) is 19.4 Å². The largest absolute Gasteiger partial charge is 0.497 e. The molecule has 2 heterocycles. The Hall–Kier alpha value is -3.19. The number of H-pyrrole nitrogens is 1. The molecule has 6 nitrogen and oxygen atoms in total. The summed E-state index contributed by atoms with van der Waals surface area (Å²) in [5.41, 5.74) is 3.61. The third kappa shape index (κ3) is 3.89. The topological polar surface area (TPSA) is 79.9 Å². The van der Waals surface area contributed by atoms with Crippen molar-refractivity contribution in [1.82, 2.24) is 20.3 Å². The zero-order valence-electron chi connectivity index (χ0n) is 15.6. The maximum Gasteiger partial charge on any atom is 0.226 e. The van der Waals surface area contributed by atoms with Crippen LogP contribution in [-0.2, 0) is 11.2 Å². The van der Waals surface area contributed by atoms with Gasteiger partial charge in [0.25, 0.3) is 0 Å². The molecule has 0 radical (unpaired) electrons. The number of amides is 1. The van der Waals surface area contributed by atoms with Gasteiger partial charge in [-0.25, -0.2) is 9.97 Å². The van der Waals surface area contributed by atoms with Crippen LogP contribution in [0, 0.1) is 0 Å². The van der Waals surface area contributed by atoms with Crippen molar-refractivity contribution in [3.63, 3.8) is 0 Å². The van der Waals surface area contributed by atoms with Gasteiger partial charge in [0.05, 0.1) is 36.3 Å². The molecule has 2 aromatic heterocycles. The SMILES string of the molecule is COc1ccc(-c2nc(CC(=O)N[C@H](C)c3nc4ccccc4[nH]3)cs2)cc1. The van der Waals surface area contributed by atoms with Gasteiger partial charge in [0.1, 0.15) is 16.6 Å². The number of nitrogens with one attached hydrogen (secondary N) is 2. The average molecular weight is 392 g/mol. The first kappa shape index (κ1) is 18.2. The number of carbonyl (C=O) groups excluding carboxylic acids is 1. The lowest BCUT2D eigenvalue weighted by molar-refractivity contribution is -0.121. The van der Waals surface area contributed by atoms with E-state index < -0.39 is 0 Å². The van der Waals surface area contributed by atoms with Crippen LogP contribution in [0.2, 0.25) is 0 Å². The molecule has 142 valence electrons. The fourth-order valence-electron chi connectivity index (χ4n) is 2.96. The average Bonchev–Trinajstić information content (AvgIpc) is 3.35. The van der Waals surface area contributed by atoms with Gasteiger partial charge >= 0.3 is 0 Å². The fourth-order valence-corrected chi connectivity index (χ4v) is 3.78. The Kier molecular flexibility index (Phi) is 5.08. The van der Waals surface area contributed by atoms with Gasteiger partial charge in [0.15, 0.2) is 0 Å². The molecule has 0 bridgehead atoms. The number of methoxy groups -OCH3 is 1. The first-order chi connectivity index (χ1) is 13.6. The predicted octanol–water partition coefficient (Wildman–Crippen LogP) is 4.11. The van der Waals surface area contributed by atoms with E-state index in [0.717, 1.165) is 38.9 Å². The highest BCUT2D eigenvalue weighted by Crippen LogP contribution is 2.26. The number of fused-ring (bicyclic) bond motifs is 1. The Balaban J connectivity index is 1.40. The molecule has 28 heavy (non-hydrogen) atoms. The van der Waals surface area contributed by atoms with Gasteiger partial charge in [0.2, 0.25) is 5.91 Å². The van der Waals surface area contributed by atoms with Crippen molar-refractivity contribution in [3.8, 4) is 16.3 Å². The molecule has 0 aliphatic heterocycles. The number of aromatic amines is 1. The fraction of sp³-hybridized carbons (Fsp3) is 0.190. The molecule has 2 aromatic carbocycles. The first-order valence-electron chi connectivity index (χ1n) is 8.95. The van der Waals surface area contributed by atoms with E-state index in [9.17, 15) is 4.79 Å². The Morgan fingerprint density at radius 3 is 2.71 bits per heavy atom. The smallest absolute Gasteiger partial charge is 0.226 e. The van der Waals surface area contributed by atoms with Crippen molar-refractivity contribution in [2.24, 2.45) is 0 Å². The number of aromatic nitrogens is 3. The minimum absolute atomic E-state index is 0.0838. The number of para-hydroxylation sites is 2. The van der Waals surface area contributed by atoms with E-state index in [2.05, 4.69) is 20.3 Å². The molecular weight excluding hydrogens is 372 g/mol. The Bertz CT molecular complexity index is 1070. The predicted molar refractivity (Wildman–Crippen MR) is 110 cm³/mol. The molecule has 2 N–H and O–H groups in total. The van der Waals surface area contributed by atoms with E-state index in [-0.39, 0.29) is 18.4 Å². The molecule has 0 saturated carbocycles. The summed E-state index contributed by atoms with van der Waals surface area (Å²) in [4.78, 5) is 24.8. The Morgan fingerprint density at radius 2 is 1.96 bits per heavy atom. The molecule has 1 amide bonds. The second-order valence-corrected chi connectivity index (χ2v) is 7.34. The van der Waals surface area contributed by atoms with Crippen LogP contribution in [0.3, 0.4) is 0 Å². The highest BCUT2D eigenvalue weighted by Gasteiger charge is 2.15. The molecule has 1 atom stereocenters. The highest BCUT2D eigenvalue weighted by molar-refractivity contribution is 7.13. The van der Waals surface area contributed by atoms with E-state index in [4.69, 9.17) is 4.74 Å².